The van der Waals surface area contributed by atoms with E-state index < -0.39 is 0 Å². The second kappa shape index (κ2) is 4.49. The van der Waals surface area contributed by atoms with Crippen molar-refractivity contribution in [3.63, 3.8) is 0 Å². The lowest BCUT2D eigenvalue weighted by molar-refractivity contribution is 0.101. The maximum Gasteiger partial charge on any atom is 0.179 e. The van der Waals surface area contributed by atoms with Crippen molar-refractivity contribution in [2.75, 3.05) is 0 Å². The minimum atomic E-state index is -0.0291. The molecule has 0 spiro atoms. The smallest absolute Gasteiger partial charge is 0.179 e. The molecular weight excluding hydrogens is 224 g/mol. The summed E-state index contributed by atoms with van der Waals surface area (Å²) in [6, 6.07) is 9.38. The van der Waals surface area contributed by atoms with E-state index in [-0.39, 0.29) is 5.78 Å². The number of carbonyl (C=O) groups excluding carboxylic acids is 1. The zero-order valence-electron chi connectivity index (χ0n) is 8.83. The maximum atomic E-state index is 11.1. The van der Waals surface area contributed by atoms with E-state index in [0.29, 0.717) is 5.69 Å². The van der Waals surface area contributed by atoms with Crippen molar-refractivity contribution < 1.29 is 4.79 Å². The monoisotopic (exact) mass is 234 g/mol. The molecule has 2 rings (SSSR count). The number of H-pyrrole nitrogens is 1. The van der Waals surface area contributed by atoms with Crippen LogP contribution in [0.25, 0.3) is 0 Å². The molecule has 0 fully saturated rings. The largest absolute Gasteiger partial charge is 0.293 e. The number of aromatic amines is 1. The number of benzene rings is 1. The lowest BCUT2D eigenvalue weighted by atomic mass is 10.1. The van der Waals surface area contributed by atoms with Crippen molar-refractivity contribution in [3.8, 4) is 0 Å². The number of hydrogen-bond donors (Lipinski definition) is 1. The molecule has 0 saturated carbocycles. The van der Waals surface area contributed by atoms with Crippen molar-refractivity contribution in [1.82, 2.24) is 10.2 Å². The molecule has 0 unspecified atom stereocenters. The fourth-order valence-electron chi connectivity index (χ4n) is 1.45. The summed E-state index contributed by atoms with van der Waals surface area (Å²) in [6.45, 7) is 1.50. The highest BCUT2D eigenvalue weighted by Gasteiger charge is 2.05. The topological polar surface area (TPSA) is 45.8 Å². The number of nitrogens with one attached hydrogen (secondary N) is 1. The Kier molecular flexibility index (Phi) is 3.06. The van der Waals surface area contributed by atoms with Gasteiger partial charge in [-0.05, 0) is 23.8 Å². The number of aromatic nitrogens is 2. The fraction of sp³-hybridized carbons (Fsp3) is 0.167. The van der Waals surface area contributed by atoms with Gasteiger partial charge in [0, 0.05) is 24.1 Å². The van der Waals surface area contributed by atoms with Crippen molar-refractivity contribution in [2.45, 2.75) is 13.3 Å². The number of nitrogens with zero attached hydrogens (tertiary/aromatic N) is 1. The minimum absolute atomic E-state index is 0.0291. The van der Waals surface area contributed by atoms with Crippen LogP contribution >= 0.6 is 11.6 Å². The van der Waals surface area contributed by atoms with E-state index in [1.165, 1.54) is 6.92 Å². The number of hydrogen-bond acceptors (Lipinski definition) is 2. The summed E-state index contributed by atoms with van der Waals surface area (Å²) in [7, 11) is 0. The van der Waals surface area contributed by atoms with Crippen LogP contribution in [0, 0.1) is 0 Å². The molecule has 0 aliphatic rings. The zero-order chi connectivity index (χ0) is 11.5. The fourth-order valence-corrected chi connectivity index (χ4v) is 1.58. The normalized spacial score (nSPS) is 10.4. The molecule has 1 aromatic heterocycles. The van der Waals surface area contributed by atoms with Gasteiger partial charge in [0.25, 0.3) is 0 Å². The van der Waals surface area contributed by atoms with Gasteiger partial charge in [-0.2, -0.15) is 5.10 Å². The van der Waals surface area contributed by atoms with Gasteiger partial charge in [-0.15, -0.1) is 0 Å². The van der Waals surface area contributed by atoms with E-state index in [2.05, 4.69) is 10.2 Å². The van der Waals surface area contributed by atoms with Crippen molar-refractivity contribution in [1.29, 1.82) is 0 Å². The van der Waals surface area contributed by atoms with E-state index >= 15 is 0 Å². The van der Waals surface area contributed by atoms with Crippen LogP contribution in [0.3, 0.4) is 0 Å². The number of ketones is 1. The summed E-state index contributed by atoms with van der Waals surface area (Å²) in [5, 5.41) is 7.50. The molecule has 82 valence electrons. The first kappa shape index (κ1) is 10.9. The van der Waals surface area contributed by atoms with Gasteiger partial charge in [0.1, 0.15) is 5.69 Å². The molecule has 0 radical (unpaired) electrons. The molecular formula is C12H11ClN2O. The van der Waals surface area contributed by atoms with Crippen LogP contribution in [-0.2, 0) is 6.42 Å². The van der Waals surface area contributed by atoms with Crippen LogP contribution in [0.2, 0.25) is 5.02 Å². The van der Waals surface area contributed by atoms with Crippen LogP contribution in [0.15, 0.2) is 30.3 Å². The summed E-state index contributed by atoms with van der Waals surface area (Å²) in [5.41, 5.74) is 2.53. The Morgan fingerprint density at radius 2 is 2.06 bits per heavy atom. The van der Waals surface area contributed by atoms with Gasteiger partial charge in [-0.25, -0.2) is 0 Å². The highest BCUT2D eigenvalue weighted by atomic mass is 35.5. The molecule has 0 amide bonds. The first-order chi connectivity index (χ1) is 7.65. The van der Waals surface area contributed by atoms with Crippen LogP contribution in [0.5, 0.6) is 0 Å². The third kappa shape index (κ3) is 2.49. The molecule has 2 aromatic rings. The van der Waals surface area contributed by atoms with Crippen molar-refractivity contribution >= 4 is 17.4 Å². The van der Waals surface area contributed by atoms with Crippen LogP contribution in [-0.4, -0.2) is 16.0 Å². The van der Waals surface area contributed by atoms with E-state index in [1.807, 2.05) is 24.3 Å². The quantitative estimate of drug-likeness (QED) is 0.830. The molecule has 4 heteroatoms. The zero-order valence-corrected chi connectivity index (χ0v) is 9.58. The number of carbonyl (C=O) groups is 1. The predicted octanol–water partition coefficient (Wildman–Crippen LogP) is 2.86. The molecule has 16 heavy (non-hydrogen) atoms. The molecule has 1 heterocycles. The van der Waals surface area contributed by atoms with Gasteiger partial charge >= 0.3 is 0 Å². The second-order valence-corrected chi connectivity index (χ2v) is 4.07. The summed E-state index contributed by atoms with van der Waals surface area (Å²) in [5.74, 6) is -0.0291. The summed E-state index contributed by atoms with van der Waals surface area (Å²) < 4.78 is 0. The van der Waals surface area contributed by atoms with Crippen LogP contribution < -0.4 is 0 Å². The Balaban J connectivity index is 2.14. The van der Waals surface area contributed by atoms with Gasteiger partial charge in [0.15, 0.2) is 5.78 Å². The number of Topliss-reactive ketones (excluding diaryl/α,β-unsaturated/α-hetero) is 1. The number of halogens is 1. The standard InChI is InChI=1S/C12H11ClN2O/c1-8(16)12-7-11(14-15-12)6-9-2-4-10(13)5-3-9/h2-5,7H,6H2,1H3,(H,14,15). The third-order valence-corrected chi connectivity index (χ3v) is 2.55. The molecule has 1 N–H and O–H groups in total. The van der Waals surface area contributed by atoms with Crippen molar-refractivity contribution in [2.24, 2.45) is 0 Å². The Morgan fingerprint density at radius 3 is 2.62 bits per heavy atom. The SMILES string of the molecule is CC(=O)c1cc(Cc2ccc(Cl)cc2)[nH]n1. The highest BCUT2D eigenvalue weighted by Crippen LogP contribution is 2.13. The molecule has 0 aliphatic carbocycles. The lowest BCUT2D eigenvalue weighted by Crippen LogP contribution is -1.90. The Morgan fingerprint density at radius 1 is 1.38 bits per heavy atom. The predicted molar refractivity (Wildman–Crippen MR) is 62.9 cm³/mol. The molecule has 0 atom stereocenters. The van der Waals surface area contributed by atoms with Crippen molar-refractivity contribution in [3.05, 3.63) is 52.3 Å². The van der Waals surface area contributed by atoms with Gasteiger partial charge in [-0.3, -0.25) is 9.89 Å². The van der Waals surface area contributed by atoms with E-state index in [4.69, 9.17) is 11.6 Å². The van der Waals surface area contributed by atoms with Gasteiger partial charge in [0.05, 0.1) is 0 Å². The van der Waals surface area contributed by atoms with E-state index in [1.54, 1.807) is 6.07 Å². The maximum absolute atomic E-state index is 11.1. The first-order valence-corrected chi connectivity index (χ1v) is 5.32. The molecule has 1 aromatic carbocycles. The lowest BCUT2D eigenvalue weighted by Gasteiger charge is -1.98. The average Bonchev–Trinajstić information content (AvgIpc) is 2.70. The van der Waals surface area contributed by atoms with E-state index in [9.17, 15) is 4.79 Å². The molecule has 3 nitrogen and oxygen atoms in total. The van der Waals surface area contributed by atoms with Gasteiger partial charge < -0.3 is 0 Å². The average molecular weight is 235 g/mol. The van der Waals surface area contributed by atoms with Gasteiger partial charge in [0.2, 0.25) is 0 Å². The Hall–Kier alpha value is -1.61. The molecule has 0 aliphatic heterocycles. The summed E-state index contributed by atoms with van der Waals surface area (Å²) in [6.07, 6.45) is 0.720. The molecule has 0 bridgehead atoms. The Bertz CT molecular complexity index is 502. The Labute approximate surface area is 98.4 Å². The molecule has 0 saturated heterocycles. The van der Waals surface area contributed by atoms with Crippen LogP contribution in [0.1, 0.15) is 28.7 Å². The van der Waals surface area contributed by atoms with Crippen LogP contribution in [0.4, 0.5) is 0 Å². The number of rotatable bonds is 3. The summed E-state index contributed by atoms with van der Waals surface area (Å²) in [4.78, 5) is 11.1. The first-order valence-electron chi connectivity index (χ1n) is 4.95. The highest BCUT2D eigenvalue weighted by molar-refractivity contribution is 6.30. The van der Waals surface area contributed by atoms with Gasteiger partial charge in [-0.1, -0.05) is 23.7 Å². The third-order valence-electron chi connectivity index (χ3n) is 2.30. The summed E-state index contributed by atoms with van der Waals surface area (Å²) >= 11 is 5.80. The second-order valence-electron chi connectivity index (χ2n) is 3.64. The van der Waals surface area contributed by atoms with E-state index in [0.717, 1.165) is 22.7 Å². The minimum Gasteiger partial charge on any atom is -0.293 e.